The molecular formula is C50H53N4O12P. The topological polar surface area (TPSA) is 172 Å². The molecule has 67 heavy (non-hydrogen) atoms. The molecular weight excluding hydrogens is 880 g/mol. The van der Waals surface area contributed by atoms with Crippen LogP contribution in [0.25, 0.3) is 0 Å². The van der Waals surface area contributed by atoms with E-state index in [0.29, 0.717) is 35.6 Å². The van der Waals surface area contributed by atoms with Gasteiger partial charge in [0.05, 0.1) is 32.4 Å². The van der Waals surface area contributed by atoms with Gasteiger partial charge in [-0.15, -0.1) is 0 Å². The molecule has 1 saturated heterocycles. The molecule has 5 atom stereocenters. The van der Waals surface area contributed by atoms with Crippen molar-refractivity contribution in [1.29, 1.82) is 0 Å². The smallest absolute Gasteiger partial charge is 0.340 e. The number of hydrogen-bond donors (Lipinski definition) is 0. The fraction of sp³-hybridized carbons (Fsp3) is 0.300. The summed E-state index contributed by atoms with van der Waals surface area (Å²) in [6.07, 6.45) is -2.46. The zero-order valence-corrected chi connectivity index (χ0v) is 38.7. The molecule has 0 bridgehead atoms. The number of carbonyl (C=O) groups is 1. The number of nitro benzene ring substituents is 1. The van der Waals surface area contributed by atoms with E-state index in [2.05, 4.69) is 0 Å². The van der Waals surface area contributed by atoms with Crippen molar-refractivity contribution in [3.05, 3.63) is 204 Å². The summed E-state index contributed by atoms with van der Waals surface area (Å²) < 4.78 is 48.4. The van der Waals surface area contributed by atoms with Gasteiger partial charge in [0, 0.05) is 50.2 Å². The van der Waals surface area contributed by atoms with Crippen molar-refractivity contribution >= 4 is 20.1 Å². The van der Waals surface area contributed by atoms with E-state index in [1.807, 2.05) is 103 Å². The number of nitro groups is 1. The molecule has 17 heteroatoms. The minimum absolute atomic E-state index is 0.0109. The molecule has 0 N–H and O–H groups in total. The lowest BCUT2D eigenvalue weighted by Crippen LogP contribution is -2.46. The first kappa shape index (κ1) is 48.6. The highest BCUT2D eigenvalue weighted by Gasteiger charge is 2.51. The Hall–Kier alpha value is -6.36. The quantitative estimate of drug-likeness (QED) is 0.0297. The third-order valence-electron chi connectivity index (χ3n) is 11.6. The standard InChI is InChI=1S/C50H53N4O12P/c1-6-51(7-2)67(64-33-31-35-18-24-40(25-19-35)54(58)59)66-45-43(34-63-50(37-14-10-8-11-15-37,38-16-12-9-13-17-38)39-22-28-42(61-4)29-23-39)65-48(46(45)62-5)52-32-30-44(55)53(49(52)57)47(56)36-20-26-41(60-3)27-21-36/h8-30,32,43,45-46,48H,6-7,31,33-34H2,1-5H3/t43-,45-,46-,48-,67?/m1/s1. The third kappa shape index (κ3) is 10.6. The van der Waals surface area contributed by atoms with E-state index in [1.54, 1.807) is 31.4 Å². The summed E-state index contributed by atoms with van der Waals surface area (Å²) >= 11 is 0. The molecule has 1 aromatic heterocycles. The second-order valence-electron chi connectivity index (χ2n) is 15.4. The Morgan fingerprint density at radius 3 is 1.87 bits per heavy atom. The largest absolute Gasteiger partial charge is 0.497 e. The van der Waals surface area contributed by atoms with Gasteiger partial charge in [0.2, 0.25) is 0 Å². The van der Waals surface area contributed by atoms with Crippen molar-refractivity contribution in [2.75, 3.05) is 47.6 Å². The van der Waals surface area contributed by atoms with Crippen molar-refractivity contribution in [3.8, 4) is 11.5 Å². The van der Waals surface area contributed by atoms with Gasteiger partial charge in [0.25, 0.3) is 25.7 Å². The molecule has 1 fully saturated rings. The number of nitrogens with zero attached hydrogens (tertiary/aromatic N) is 4. The van der Waals surface area contributed by atoms with Crippen LogP contribution in [-0.4, -0.2) is 90.6 Å². The highest BCUT2D eigenvalue weighted by atomic mass is 31.2. The lowest BCUT2D eigenvalue weighted by molar-refractivity contribution is -0.384. The Kier molecular flexibility index (Phi) is 16.3. The number of aromatic nitrogens is 2. The summed E-state index contributed by atoms with van der Waals surface area (Å²) in [5.41, 5.74) is 0.348. The number of non-ortho nitro benzene ring substituents is 1. The lowest BCUT2D eigenvalue weighted by atomic mass is 9.80. The first-order valence-corrected chi connectivity index (χ1v) is 22.9. The summed E-state index contributed by atoms with van der Waals surface area (Å²) in [5.74, 6) is 0.312. The average molecular weight is 933 g/mol. The molecule has 0 amide bonds. The van der Waals surface area contributed by atoms with Crippen LogP contribution in [-0.2, 0) is 35.3 Å². The Morgan fingerprint density at radius 1 is 0.761 bits per heavy atom. The van der Waals surface area contributed by atoms with Gasteiger partial charge in [-0.25, -0.2) is 9.46 Å². The van der Waals surface area contributed by atoms with Gasteiger partial charge >= 0.3 is 5.69 Å². The monoisotopic (exact) mass is 932 g/mol. The van der Waals surface area contributed by atoms with Crippen LogP contribution in [0.3, 0.4) is 0 Å². The molecule has 350 valence electrons. The highest BCUT2D eigenvalue weighted by Crippen LogP contribution is 2.49. The third-order valence-corrected chi connectivity index (χ3v) is 13.5. The fourth-order valence-electron chi connectivity index (χ4n) is 8.07. The number of methoxy groups -OCH3 is 3. The van der Waals surface area contributed by atoms with E-state index in [9.17, 15) is 24.5 Å². The maximum absolute atomic E-state index is 14.5. The van der Waals surface area contributed by atoms with Crippen LogP contribution < -0.4 is 20.7 Å². The Morgan fingerprint density at radius 2 is 1.33 bits per heavy atom. The SMILES string of the molecule is CCN(CC)P(OCCc1ccc([N+](=O)[O-])cc1)O[C@H]1[C@@H](OC)[C@H](n2ccc(=O)n(C(=O)c3ccc(OC)cc3)c2=O)O[C@@H]1COC(c1ccccc1)(c1ccccc1)c1ccc(OC)cc1. The molecule has 1 aliphatic rings. The van der Waals surface area contributed by atoms with Crippen LogP contribution in [0, 0.1) is 10.1 Å². The van der Waals surface area contributed by atoms with Gasteiger partial charge in [-0.3, -0.25) is 24.3 Å². The molecule has 0 aliphatic carbocycles. The number of carbonyl (C=O) groups excluding carboxylic acids is 1. The summed E-state index contributed by atoms with van der Waals surface area (Å²) in [6.45, 7) is 5.15. The second-order valence-corrected chi connectivity index (χ2v) is 16.9. The summed E-state index contributed by atoms with van der Waals surface area (Å²) in [5, 5.41) is 11.3. The molecule has 0 saturated carbocycles. The molecule has 2 heterocycles. The average Bonchev–Trinajstić information content (AvgIpc) is 3.71. The minimum Gasteiger partial charge on any atom is -0.497 e. The first-order valence-electron chi connectivity index (χ1n) is 21.8. The van der Waals surface area contributed by atoms with Crippen molar-refractivity contribution in [1.82, 2.24) is 13.8 Å². The maximum Gasteiger partial charge on any atom is 0.340 e. The summed E-state index contributed by atoms with van der Waals surface area (Å²) in [4.78, 5) is 52.5. The first-order chi connectivity index (χ1) is 32.6. The molecule has 7 rings (SSSR count). The second kappa shape index (κ2) is 22.4. The van der Waals surface area contributed by atoms with Crippen molar-refractivity contribution in [2.24, 2.45) is 0 Å². The van der Waals surface area contributed by atoms with Gasteiger partial charge in [0.15, 0.2) is 6.23 Å². The van der Waals surface area contributed by atoms with E-state index in [-0.39, 0.29) is 24.5 Å². The Labute approximate surface area is 389 Å². The van der Waals surface area contributed by atoms with Crippen LogP contribution in [0.5, 0.6) is 11.5 Å². The van der Waals surface area contributed by atoms with Crippen molar-refractivity contribution in [2.45, 2.75) is 50.4 Å². The molecule has 5 aromatic carbocycles. The predicted octanol–water partition coefficient (Wildman–Crippen LogP) is 7.76. The van der Waals surface area contributed by atoms with Crippen LogP contribution in [0.4, 0.5) is 5.69 Å². The summed E-state index contributed by atoms with van der Waals surface area (Å²) in [6, 6.07) is 40.7. The van der Waals surface area contributed by atoms with Crippen molar-refractivity contribution < 1.29 is 42.4 Å². The van der Waals surface area contributed by atoms with Gasteiger partial charge in [-0.05, 0) is 65.1 Å². The number of rotatable bonds is 21. The summed E-state index contributed by atoms with van der Waals surface area (Å²) in [7, 11) is 2.71. The van der Waals surface area contributed by atoms with E-state index < -0.39 is 60.7 Å². The van der Waals surface area contributed by atoms with Gasteiger partial charge in [-0.2, -0.15) is 4.57 Å². The fourth-order valence-corrected chi connectivity index (χ4v) is 9.60. The van der Waals surface area contributed by atoms with Gasteiger partial charge < -0.3 is 32.7 Å². The maximum atomic E-state index is 14.5. The van der Waals surface area contributed by atoms with Gasteiger partial charge in [0.1, 0.15) is 35.4 Å². The van der Waals surface area contributed by atoms with E-state index in [4.69, 9.17) is 32.7 Å². The van der Waals surface area contributed by atoms with E-state index >= 15 is 0 Å². The van der Waals surface area contributed by atoms with Crippen LogP contribution in [0.1, 0.15) is 52.7 Å². The van der Waals surface area contributed by atoms with Crippen LogP contribution in [0.15, 0.2) is 155 Å². The molecule has 1 unspecified atom stereocenters. The molecule has 0 spiro atoms. The predicted molar refractivity (Wildman–Crippen MR) is 252 cm³/mol. The number of ether oxygens (including phenoxy) is 5. The Bertz CT molecular complexity index is 2640. The molecule has 0 radical (unpaired) electrons. The lowest BCUT2D eigenvalue weighted by Gasteiger charge is -2.38. The molecule has 6 aromatic rings. The van der Waals surface area contributed by atoms with Crippen LogP contribution >= 0.6 is 8.53 Å². The van der Waals surface area contributed by atoms with Crippen molar-refractivity contribution in [3.63, 3.8) is 0 Å². The Balaban J connectivity index is 1.30. The van der Waals surface area contributed by atoms with Crippen LogP contribution in [0.2, 0.25) is 0 Å². The zero-order chi connectivity index (χ0) is 47.5. The normalized spacial score (nSPS) is 17.6. The molecule has 16 nitrogen and oxygen atoms in total. The van der Waals surface area contributed by atoms with E-state index in [1.165, 1.54) is 44.7 Å². The number of hydrogen-bond acceptors (Lipinski definition) is 13. The van der Waals surface area contributed by atoms with E-state index in [0.717, 1.165) is 32.9 Å². The highest BCUT2D eigenvalue weighted by molar-refractivity contribution is 7.44. The van der Waals surface area contributed by atoms with Gasteiger partial charge in [-0.1, -0.05) is 98.8 Å². The molecule has 1 aliphatic heterocycles. The zero-order valence-electron chi connectivity index (χ0n) is 37.8. The minimum atomic E-state index is -1.85. The number of benzene rings is 5.